The molecule has 0 aromatic carbocycles. The summed E-state index contributed by atoms with van der Waals surface area (Å²) in [5, 5.41) is 16.2. The van der Waals surface area contributed by atoms with Gasteiger partial charge >= 0.3 is 5.97 Å². The molecule has 7 nitrogen and oxygen atoms in total. The quantitative estimate of drug-likeness (QED) is 0.856. The molecule has 0 aliphatic rings. The van der Waals surface area contributed by atoms with E-state index in [1.165, 1.54) is 12.3 Å². The molecule has 2 aromatic rings. The molecular weight excluding hydrogens is 270 g/mol. The van der Waals surface area contributed by atoms with Crippen LogP contribution in [0.4, 0.5) is 5.82 Å². The van der Waals surface area contributed by atoms with Crippen LogP contribution in [0.2, 0.25) is 5.02 Å². The van der Waals surface area contributed by atoms with Crippen LogP contribution in [-0.2, 0) is 13.5 Å². The Morgan fingerprint density at radius 2 is 2.32 bits per heavy atom. The third-order valence-corrected chi connectivity index (χ3v) is 2.66. The van der Waals surface area contributed by atoms with Crippen molar-refractivity contribution in [3.63, 3.8) is 0 Å². The lowest BCUT2D eigenvalue weighted by molar-refractivity contribution is 0.0696. The van der Waals surface area contributed by atoms with E-state index in [0.717, 1.165) is 0 Å². The van der Waals surface area contributed by atoms with Crippen LogP contribution in [0.3, 0.4) is 0 Å². The fourth-order valence-corrected chi connectivity index (χ4v) is 1.71. The van der Waals surface area contributed by atoms with E-state index in [0.29, 0.717) is 24.6 Å². The monoisotopic (exact) mass is 281 g/mol. The van der Waals surface area contributed by atoms with Gasteiger partial charge in [0.2, 0.25) is 0 Å². The van der Waals surface area contributed by atoms with Gasteiger partial charge in [-0.1, -0.05) is 11.6 Å². The molecule has 2 aromatic heterocycles. The summed E-state index contributed by atoms with van der Waals surface area (Å²) in [4.78, 5) is 18.8. The van der Waals surface area contributed by atoms with E-state index in [9.17, 15) is 4.79 Å². The molecule has 0 radical (unpaired) electrons. The van der Waals surface area contributed by atoms with Gasteiger partial charge in [-0.15, -0.1) is 0 Å². The minimum absolute atomic E-state index is 0.0574. The minimum Gasteiger partial charge on any atom is -0.478 e. The van der Waals surface area contributed by atoms with E-state index in [4.69, 9.17) is 16.7 Å². The number of aromatic carboxylic acids is 1. The van der Waals surface area contributed by atoms with E-state index < -0.39 is 5.97 Å². The van der Waals surface area contributed by atoms with Crippen LogP contribution in [0, 0.1) is 0 Å². The lowest BCUT2D eigenvalue weighted by Crippen LogP contribution is -2.09. The third kappa shape index (κ3) is 3.41. The van der Waals surface area contributed by atoms with E-state index in [1.807, 2.05) is 0 Å². The number of halogens is 1. The summed E-state index contributed by atoms with van der Waals surface area (Å²) in [5.41, 5.74) is 0.0574. The van der Waals surface area contributed by atoms with E-state index in [2.05, 4.69) is 20.4 Å². The van der Waals surface area contributed by atoms with Crippen LogP contribution in [-0.4, -0.2) is 37.4 Å². The molecule has 0 saturated heterocycles. The van der Waals surface area contributed by atoms with Crippen LogP contribution >= 0.6 is 11.6 Å². The normalized spacial score (nSPS) is 10.4. The van der Waals surface area contributed by atoms with Crippen molar-refractivity contribution in [3.05, 3.63) is 35.0 Å². The maximum Gasteiger partial charge on any atom is 0.337 e. The first-order valence-electron chi connectivity index (χ1n) is 5.53. The smallest absolute Gasteiger partial charge is 0.337 e. The highest BCUT2D eigenvalue weighted by molar-refractivity contribution is 6.33. The van der Waals surface area contributed by atoms with Gasteiger partial charge in [-0.2, -0.15) is 5.10 Å². The SMILES string of the molecule is Cn1cnc(CCNc2ncc(C(=O)O)cc2Cl)n1. The number of nitrogens with one attached hydrogen (secondary N) is 1. The molecule has 0 saturated carbocycles. The van der Waals surface area contributed by atoms with Crippen LogP contribution in [0.15, 0.2) is 18.6 Å². The fourth-order valence-electron chi connectivity index (χ4n) is 1.48. The zero-order valence-corrected chi connectivity index (χ0v) is 10.9. The van der Waals surface area contributed by atoms with Gasteiger partial charge in [0, 0.05) is 26.2 Å². The molecule has 19 heavy (non-hydrogen) atoms. The highest BCUT2D eigenvalue weighted by Crippen LogP contribution is 2.19. The summed E-state index contributed by atoms with van der Waals surface area (Å²) in [6.45, 7) is 0.559. The highest BCUT2D eigenvalue weighted by atomic mass is 35.5. The Kier molecular flexibility index (Phi) is 3.96. The Hall–Kier alpha value is -2.15. The van der Waals surface area contributed by atoms with Crippen molar-refractivity contribution in [2.75, 3.05) is 11.9 Å². The fraction of sp³-hybridized carbons (Fsp3) is 0.273. The van der Waals surface area contributed by atoms with Gasteiger partial charge in [0.25, 0.3) is 0 Å². The molecule has 2 rings (SSSR count). The van der Waals surface area contributed by atoms with Gasteiger partial charge in [-0.3, -0.25) is 4.68 Å². The van der Waals surface area contributed by atoms with Crippen molar-refractivity contribution < 1.29 is 9.90 Å². The van der Waals surface area contributed by atoms with Crippen LogP contribution in [0.5, 0.6) is 0 Å². The number of hydrogen-bond donors (Lipinski definition) is 2. The zero-order valence-electron chi connectivity index (χ0n) is 10.2. The Labute approximate surface area is 114 Å². The molecule has 0 unspecified atom stereocenters. The van der Waals surface area contributed by atoms with Crippen molar-refractivity contribution >= 4 is 23.4 Å². The molecule has 0 fully saturated rings. The van der Waals surface area contributed by atoms with Gasteiger partial charge in [0.1, 0.15) is 12.1 Å². The summed E-state index contributed by atoms with van der Waals surface area (Å²) in [7, 11) is 1.80. The van der Waals surface area contributed by atoms with Crippen LogP contribution in [0.1, 0.15) is 16.2 Å². The summed E-state index contributed by atoms with van der Waals surface area (Å²) >= 11 is 5.94. The average molecular weight is 282 g/mol. The second-order valence-electron chi connectivity index (χ2n) is 3.87. The van der Waals surface area contributed by atoms with Crippen molar-refractivity contribution in [3.8, 4) is 0 Å². The lowest BCUT2D eigenvalue weighted by atomic mass is 10.3. The van der Waals surface area contributed by atoms with Crippen molar-refractivity contribution in [2.45, 2.75) is 6.42 Å². The van der Waals surface area contributed by atoms with E-state index in [-0.39, 0.29) is 10.6 Å². The summed E-state index contributed by atoms with van der Waals surface area (Å²) in [6, 6.07) is 1.36. The molecule has 100 valence electrons. The Bertz CT molecular complexity index is 599. The van der Waals surface area contributed by atoms with E-state index >= 15 is 0 Å². The number of nitrogens with zero attached hydrogens (tertiary/aromatic N) is 4. The summed E-state index contributed by atoms with van der Waals surface area (Å²) in [5.74, 6) is 0.106. The third-order valence-electron chi connectivity index (χ3n) is 2.38. The molecule has 8 heteroatoms. The van der Waals surface area contributed by atoms with Gasteiger partial charge in [-0.05, 0) is 6.07 Å². The molecule has 0 aliphatic carbocycles. The maximum atomic E-state index is 10.7. The predicted octanol–water partition coefficient (Wildman–Crippen LogP) is 1.22. The lowest BCUT2D eigenvalue weighted by Gasteiger charge is -2.06. The number of pyridine rings is 1. The van der Waals surface area contributed by atoms with Gasteiger partial charge in [-0.25, -0.2) is 14.8 Å². The second kappa shape index (κ2) is 5.66. The first kappa shape index (κ1) is 13.3. The average Bonchev–Trinajstić information content (AvgIpc) is 2.77. The molecule has 0 bridgehead atoms. The van der Waals surface area contributed by atoms with Crippen molar-refractivity contribution in [2.24, 2.45) is 7.05 Å². The number of aromatic nitrogens is 4. The van der Waals surface area contributed by atoms with Crippen molar-refractivity contribution in [1.82, 2.24) is 19.7 Å². The Morgan fingerprint density at radius 3 is 2.89 bits per heavy atom. The summed E-state index contributed by atoms with van der Waals surface area (Å²) < 4.78 is 1.63. The zero-order chi connectivity index (χ0) is 13.8. The molecule has 0 atom stereocenters. The molecule has 0 spiro atoms. The van der Waals surface area contributed by atoms with Gasteiger partial charge in [0.05, 0.1) is 10.6 Å². The minimum atomic E-state index is -1.06. The van der Waals surface area contributed by atoms with E-state index in [1.54, 1.807) is 18.1 Å². The predicted molar refractivity (Wildman–Crippen MR) is 69.4 cm³/mol. The number of anilines is 1. The van der Waals surface area contributed by atoms with Crippen LogP contribution in [0.25, 0.3) is 0 Å². The number of carbonyl (C=O) groups is 1. The molecule has 0 aliphatic heterocycles. The molecular formula is C11H12ClN5O2. The molecule has 2 heterocycles. The number of carboxylic acid groups (broad SMARTS) is 1. The van der Waals surface area contributed by atoms with Crippen LogP contribution < -0.4 is 5.32 Å². The topological polar surface area (TPSA) is 92.9 Å². The molecule has 0 amide bonds. The largest absolute Gasteiger partial charge is 0.478 e. The molecule has 2 N–H and O–H groups in total. The Balaban J connectivity index is 1.94. The number of hydrogen-bond acceptors (Lipinski definition) is 5. The number of rotatable bonds is 5. The Morgan fingerprint density at radius 1 is 1.53 bits per heavy atom. The summed E-state index contributed by atoms with van der Waals surface area (Å²) in [6.07, 6.45) is 3.51. The number of aryl methyl sites for hydroxylation is 1. The van der Waals surface area contributed by atoms with Crippen molar-refractivity contribution in [1.29, 1.82) is 0 Å². The first-order valence-corrected chi connectivity index (χ1v) is 5.91. The second-order valence-corrected chi connectivity index (χ2v) is 4.28. The highest BCUT2D eigenvalue weighted by Gasteiger charge is 2.08. The standard InChI is InChI=1S/C11H12ClN5O2/c1-17-6-15-9(16-17)2-3-13-10-8(12)4-7(5-14-10)11(18)19/h4-6H,2-3H2,1H3,(H,13,14)(H,18,19). The number of carboxylic acids is 1. The van der Waals surface area contributed by atoms with Gasteiger partial charge < -0.3 is 10.4 Å². The first-order chi connectivity index (χ1) is 9.06. The van der Waals surface area contributed by atoms with Gasteiger partial charge in [0.15, 0.2) is 5.82 Å². The maximum absolute atomic E-state index is 10.7.